The van der Waals surface area contributed by atoms with Gasteiger partial charge in [0.15, 0.2) is 28.3 Å². The molecule has 25 heavy (non-hydrogen) atoms. The van der Waals surface area contributed by atoms with Gasteiger partial charge in [-0.05, 0) is 30.7 Å². The number of aromatic hydroxyl groups is 2. The minimum absolute atomic E-state index is 0.157. The molecule has 0 aliphatic heterocycles. The smallest absolute Gasteiger partial charge is 0.191 e. The van der Waals surface area contributed by atoms with Crippen LogP contribution in [0.3, 0.4) is 0 Å². The zero-order chi connectivity index (χ0) is 18.0. The Morgan fingerprint density at radius 2 is 1.88 bits per heavy atom. The number of hydrogen-bond donors (Lipinski definition) is 2. The fourth-order valence-corrected chi connectivity index (χ4v) is 3.21. The Morgan fingerprint density at radius 1 is 1.12 bits per heavy atom. The van der Waals surface area contributed by atoms with Crippen molar-refractivity contribution in [2.45, 2.75) is 12.1 Å². The van der Waals surface area contributed by atoms with E-state index in [1.807, 2.05) is 42.8 Å². The molecule has 0 spiro atoms. The molecular formula is C18H17N3O3S. The molecule has 2 N–H and O–H groups in total. The summed E-state index contributed by atoms with van der Waals surface area (Å²) in [6.45, 7) is 2.01. The molecule has 0 unspecified atom stereocenters. The molecule has 0 amide bonds. The van der Waals surface area contributed by atoms with Crippen molar-refractivity contribution in [1.82, 2.24) is 14.8 Å². The van der Waals surface area contributed by atoms with Crippen molar-refractivity contribution in [1.29, 1.82) is 0 Å². The van der Waals surface area contributed by atoms with Gasteiger partial charge in [0.25, 0.3) is 0 Å². The van der Waals surface area contributed by atoms with Crippen molar-refractivity contribution in [2.24, 2.45) is 7.05 Å². The minimum Gasteiger partial charge on any atom is -0.504 e. The van der Waals surface area contributed by atoms with Crippen LogP contribution in [0.15, 0.2) is 47.6 Å². The molecule has 3 aromatic rings. The average Bonchev–Trinajstić information content (AvgIpc) is 2.96. The lowest BCUT2D eigenvalue weighted by Gasteiger charge is -2.06. The number of nitrogens with zero attached hydrogens (tertiary/aromatic N) is 3. The van der Waals surface area contributed by atoms with E-state index in [-0.39, 0.29) is 23.0 Å². The van der Waals surface area contributed by atoms with Crippen molar-refractivity contribution < 1.29 is 15.0 Å². The van der Waals surface area contributed by atoms with E-state index in [0.29, 0.717) is 10.7 Å². The molecule has 3 rings (SSSR count). The highest BCUT2D eigenvalue weighted by Crippen LogP contribution is 2.27. The van der Waals surface area contributed by atoms with Crippen molar-refractivity contribution in [3.8, 4) is 22.9 Å². The predicted octanol–water partition coefficient (Wildman–Crippen LogP) is 3.18. The molecule has 0 saturated heterocycles. The largest absolute Gasteiger partial charge is 0.504 e. The second-order valence-electron chi connectivity index (χ2n) is 5.60. The van der Waals surface area contributed by atoms with Crippen LogP contribution in [-0.4, -0.2) is 36.5 Å². The maximum absolute atomic E-state index is 12.3. The number of carbonyl (C=O) groups excluding carboxylic acids is 1. The zero-order valence-electron chi connectivity index (χ0n) is 13.8. The first-order chi connectivity index (χ1) is 12.0. The summed E-state index contributed by atoms with van der Waals surface area (Å²) < 4.78 is 1.86. The maximum atomic E-state index is 12.3. The highest BCUT2D eigenvalue weighted by Gasteiger charge is 2.15. The number of hydrogen-bond acceptors (Lipinski definition) is 6. The Bertz CT molecular complexity index is 937. The number of Topliss-reactive ketones (excluding diaryl/α,β-unsaturated/α-hetero) is 1. The number of benzene rings is 2. The predicted molar refractivity (Wildman–Crippen MR) is 96.0 cm³/mol. The van der Waals surface area contributed by atoms with Crippen molar-refractivity contribution in [2.75, 3.05) is 5.75 Å². The molecule has 0 fully saturated rings. The summed E-state index contributed by atoms with van der Waals surface area (Å²) in [5.41, 5.74) is 2.44. The number of rotatable bonds is 5. The lowest BCUT2D eigenvalue weighted by atomic mass is 10.1. The van der Waals surface area contributed by atoms with Gasteiger partial charge >= 0.3 is 0 Å². The van der Waals surface area contributed by atoms with Crippen LogP contribution in [0.25, 0.3) is 11.4 Å². The monoisotopic (exact) mass is 355 g/mol. The summed E-state index contributed by atoms with van der Waals surface area (Å²) in [5, 5.41) is 27.8. The molecule has 0 atom stereocenters. The first kappa shape index (κ1) is 17.0. The molecular weight excluding hydrogens is 338 g/mol. The maximum Gasteiger partial charge on any atom is 0.191 e. The molecule has 0 radical (unpaired) electrons. The molecule has 7 heteroatoms. The van der Waals surface area contributed by atoms with Gasteiger partial charge in [-0.2, -0.15) is 0 Å². The van der Waals surface area contributed by atoms with Crippen LogP contribution in [0.2, 0.25) is 0 Å². The van der Waals surface area contributed by atoms with E-state index in [2.05, 4.69) is 10.2 Å². The Balaban J connectivity index is 1.75. The second kappa shape index (κ2) is 6.98. The van der Waals surface area contributed by atoms with E-state index in [9.17, 15) is 15.0 Å². The van der Waals surface area contributed by atoms with Crippen LogP contribution in [-0.2, 0) is 7.05 Å². The van der Waals surface area contributed by atoms with E-state index in [4.69, 9.17) is 0 Å². The molecule has 0 saturated carbocycles. The van der Waals surface area contributed by atoms with E-state index in [1.54, 1.807) is 0 Å². The number of ketones is 1. The lowest BCUT2D eigenvalue weighted by Crippen LogP contribution is -2.04. The van der Waals surface area contributed by atoms with Crippen LogP contribution in [0.5, 0.6) is 11.5 Å². The number of aromatic nitrogens is 3. The van der Waals surface area contributed by atoms with Crippen molar-refractivity contribution in [3.05, 3.63) is 53.6 Å². The topological polar surface area (TPSA) is 88.2 Å². The highest BCUT2D eigenvalue weighted by atomic mass is 32.2. The number of phenolic OH excluding ortho intramolecular Hbond substituents is 2. The lowest BCUT2D eigenvalue weighted by molar-refractivity contribution is 0.102. The van der Waals surface area contributed by atoms with Gasteiger partial charge in [0, 0.05) is 18.2 Å². The summed E-state index contributed by atoms with van der Waals surface area (Å²) >= 11 is 1.28. The van der Waals surface area contributed by atoms with Gasteiger partial charge in [-0.25, -0.2) is 0 Å². The molecule has 128 valence electrons. The first-order valence-electron chi connectivity index (χ1n) is 7.60. The highest BCUT2D eigenvalue weighted by molar-refractivity contribution is 7.99. The van der Waals surface area contributed by atoms with Gasteiger partial charge in [0.1, 0.15) is 0 Å². The Labute approximate surface area is 149 Å². The van der Waals surface area contributed by atoms with Gasteiger partial charge in [-0.1, -0.05) is 36.0 Å². The van der Waals surface area contributed by atoms with Gasteiger partial charge < -0.3 is 14.8 Å². The minimum atomic E-state index is -0.309. The molecule has 0 aliphatic rings. The summed E-state index contributed by atoms with van der Waals surface area (Å²) in [6, 6.07) is 11.9. The van der Waals surface area contributed by atoms with Gasteiger partial charge in [0.2, 0.25) is 0 Å². The molecule has 2 aromatic carbocycles. The van der Waals surface area contributed by atoms with Crippen LogP contribution < -0.4 is 0 Å². The summed E-state index contributed by atoms with van der Waals surface area (Å²) in [6.07, 6.45) is 0. The summed E-state index contributed by atoms with van der Waals surface area (Å²) in [7, 11) is 1.86. The third-order valence-corrected chi connectivity index (χ3v) is 4.87. The summed E-state index contributed by atoms with van der Waals surface area (Å²) in [4.78, 5) is 12.3. The summed E-state index contributed by atoms with van der Waals surface area (Å²) in [5.74, 6) is 0.178. The fourth-order valence-electron chi connectivity index (χ4n) is 2.41. The zero-order valence-corrected chi connectivity index (χ0v) is 14.6. The molecule has 0 bridgehead atoms. The number of thioether (sulfide) groups is 1. The van der Waals surface area contributed by atoms with Crippen molar-refractivity contribution >= 4 is 17.5 Å². The van der Waals surface area contributed by atoms with E-state index >= 15 is 0 Å². The van der Waals surface area contributed by atoms with E-state index < -0.39 is 0 Å². The van der Waals surface area contributed by atoms with Crippen LogP contribution >= 0.6 is 11.8 Å². The Morgan fingerprint density at radius 3 is 2.60 bits per heavy atom. The second-order valence-corrected chi connectivity index (χ2v) is 6.54. The number of carbonyl (C=O) groups is 1. The van der Waals surface area contributed by atoms with E-state index in [1.165, 1.54) is 30.0 Å². The molecule has 6 nitrogen and oxygen atoms in total. The van der Waals surface area contributed by atoms with Crippen LogP contribution in [0.4, 0.5) is 0 Å². The fraction of sp³-hybridized carbons (Fsp3) is 0.167. The van der Waals surface area contributed by atoms with Crippen LogP contribution in [0, 0.1) is 6.92 Å². The molecule has 1 aromatic heterocycles. The van der Waals surface area contributed by atoms with Crippen molar-refractivity contribution in [3.63, 3.8) is 0 Å². The number of phenols is 2. The van der Waals surface area contributed by atoms with Crippen LogP contribution in [0.1, 0.15) is 15.9 Å². The molecule has 0 aliphatic carbocycles. The molecule has 1 heterocycles. The third kappa shape index (κ3) is 3.51. The average molecular weight is 355 g/mol. The number of aryl methyl sites for hydroxylation is 1. The van der Waals surface area contributed by atoms with Gasteiger partial charge in [-0.15, -0.1) is 10.2 Å². The van der Waals surface area contributed by atoms with Gasteiger partial charge in [0.05, 0.1) is 5.75 Å². The Kier molecular flexibility index (Phi) is 4.76. The standard InChI is InChI=1S/C18H17N3O3S/c1-11-5-3-4-6-13(11)17-19-20-18(21(17)2)25-10-16(24)12-7-8-14(22)15(23)9-12/h3-9,22-23H,10H2,1-2H3. The SMILES string of the molecule is Cc1ccccc1-c1nnc(SCC(=O)c2ccc(O)c(O)c2)n1C. The third-order valence-electron chi connectivity index (χ3n) is 3.85. The quantitative estimate of drug-likeness (QED) is 0.415. The van der Waals surface area contributed by atoms with E-state index in [0.717, 1.165) is 17.0 Å². The first-order valence-corrected chi connectivity index (χ1v) is 8.59. The normalized spacial score (nSPS) is 10.8. The van der Waals surface area contributed by atoms with Gasteiger partial charge in [-0.3, -0.25) is 4.79 Å². The Hall–Kier alpha value is -2.80.